The van der Waals surface area contributed by atoms with Crippen LogP contribution in [0.4, 0.5) is 10.1 Å². The molecule has 1 heterocycles. The van der Waals surface area contributed by atoms with Crippen molar-refractivity contribution in [1.29, 1.82) is 0 Å². The molecular formula is C16H16FN3O. The van der Waals surface area contributed by atoms with E-state index in [9.17, 15) is 4.39 Å². The van der Waals surface area contributed by atoms with Gasteiger partial charge in [0.2, 0.25) is 0 Å². The molecule has 21 heavy (non-hydrogen) atoms. The molecule has 0 bridgehead atoms. The van der Waals surface area contributed by atoms with E-state index in [2.05, 4.69) is 4.99 Å². The molecule has 0 amide bonds. The summed E-state index contributed by atoms with van der Waals surface area (Å²) in [4.78, 5) is 6.10. The number of methoxy groups -OCH3 is 1. The Morgan fingerprint density at radius 2 is 1.90 bits per heavy atom. The molecule has 1 aliphatic heterocycles. The van der Waals surface area contributed by atoms with E-state index in [1.165, 1.54) is 6.07 Å². The predicted octanol–water partition coefficient (Wildman–Crippen LogP) is 2.71. The summed E-state index contributed by atoms with van der Waals surface area (Å²) >= 11 is 0. The first-order chi connectivity index (χ1) is 10.2. The fourth-order valence-electron chi connectivity index (χ4n) is 2.54. The number of hydrogen-bond donors (Lipinski definition) is 1. The molecule has 0 radical (unpaired) electrons. The molecule has 0 saturated heterocycles. The van der Waals surface area contributed by atoms with Gasteiger partial charge in [0.05, 0.1) is 19.7 Å². The molecule has 0 spiro atoms. The molecule has 0 saturated carbocycles. The maximum atomic E-state index is 14.0. The largest absolute Gasteiger partial charge is 0.497 e. The minimum absolute atomic E-state index is 0.223. The summed E-state index contributed by atoms with van der Waals surface area (Å²) in [6, 6.07) is 14.0. The van der Waals surface area contributed by atoms with Gasteiger partial charge in [-0.25, -0.2) is 4.39 Å². The summed E-state index contributed by atoms with van der Waals surface area (Å²) in [5, 5.41) is 0. The molecule has 2 N–H and O–H groups in total. The van der Waals surface area contributed by atoms with E-state index in [0.717, 1.165) is 11.4 Å². The number of hydrogen-bond acceptors (Lipinski definition) is 4. The highest BCUT2D eigenvalue weighted by Crippen LogP contribution is 2.33. The van der Waals surface area contributed by atoms with Crippen molar-refractivity contribution in [3.63, 3.8) is 0 Å². The van der Waals surface area contributed by atoms with Crippen molar-refractivity contribution in [3.8, 4) is 5.75 Å². The van der Waals surface area contributed by atoms with Crippen LogP contribution in [-0.4, -0.2) is 19.6 Å². The van der Waals surface area contributed by atoms with E-state index in [1.54, 1.807) is 19.2 Å². The molecule has 0 aliphatic carbocycles. The van der Waals surface area contributed by atoms with E-state index in [4.69, 9.17) is 10.5 Å². The van der Waals surface area contributed by atoms with Crippen LogP contribution in [0.2, 0.25) is 0 Å². The number of benzene rings is 2. The molecule has 1 unspecified atom stereocenters. The van der Waals surface area contributed by atoms with E-state index < -0.39 is 0 Å². The topological polar surface area (TPSA) is 50.9 Å². The van der Waals surface area contributed by atoms with Crippen molar-refractivity contribution >= 4 is 11.6 Å². The molecule has 0 aromatic heterocycles. The summed E-state index contributed by atoms with van der Waals surface area (Å²) in [7, 11) is 1.61. The second-order valence-electron chi connectivity index (χ2n) is 4.80. The Morgan fingerprint density at radius 3 is 2.57 bits per heavy atom. The first-order valence-electron chi connectivity index (χ1n) is 6.68. The Bertz CT molecular complexity index is 669. The summed E-state index contributed by atoms with van der Waals surface area (Å²) in [5.41, 5.74) is 7.44. The van der Waals surface area contributed by atoms with Crippen LogP contribution in [0.15, 0.2) is 53.5 Å². The number of nitrogens with two attached hydrogens (primary N) is 1. The number of aliphatic imine (C=N–C) groups is 1. The molecule has 3 rings (SSSR count). The smallest absolute Gasteiger partial charge is 0.196 e. The van der Waals surface area contributed by atoms with Gasteiger partial charge in [-0.2, -0.15) is 0 Å². The fourth-order valence-corrected chi connectivity index (χ4v) is 2.54. The van der Waals surface area contributed by atoms with E-state index in [1.807, 2.05) is 35.2 Å². The van der Waals surface area contributed by atoms with Crippen LogP contribution >= 0.6 is 0 Å². The van der Waals surface area contributed by atoms with Gasteiger partial charge in [0.1, 0.15) is 11.6 Å². The van der Waals surface area contributed by atoms with E-state index >= 15 is 0 Å². The summed E-state index contributed by atoms with van der Waals surface area (Å²) in [5.74, 6) is 0.912. The predicted molar refractivity (Wildman–Crippen MR) is 81.1 cm³/mol. The lowest BCUT2D eigenvalue weighted by Gasteiger charge is -2.27. The zero-order valence-corrected chi connectivity index (χ0v) is 11.7. The average molecular weight is 285 g/mol. The number of rotatable bonds is 3. The number of guanidine groups is 1. The van der Waals surface area contributed by atoms with Crippen LogP contribution in [0.25, 0.3) is 0 Å². The minimum Gasteiger partial charge on any atom is -0.497 e. The van der Waals surface area contributed by atoms with Crippen molar-refractivity contribution in [2.24, 2.45) is 10.7 Å². The lowest BCUT2D eigenvalue weighted by atomic mass is 10.0. The maximum Gasteiger partial charge on any atom is 0.196 e. The molecule has 1 aliphatic rings. The van der Waals surface area contributed by atoms with Gasteiger partial charge in [0.25, 0.3) is 0 Å². The van der Waals surface area contributed by atoms with Crippen molar-refractivity contribution in [1.82, 2.24) is 0 Å². The van der Waals surface area contributed by atoms with Crippen molar-refractivity contribution in [3.05, 3.63) is 59.9 Å². The number of anilines is 1. The standard InChI is InChI=1S/C16H16FN3O/c1-21-12-8-6-11(7-9-12)20-15(10-19-16(20)18)13-4-2-3-5-14(13)17/h2-9,15H,10H2,1H3,(H2,18,19). The van der Waals surface area contributed by atoms with E-state index in [-0.39, 0.29) is 11.9 Å². The summed E-state index contributed by atoms with van der Waals surface area (Å²) in [6.45, 7) is 0.443. The fraction of sp³-hybridized carbons (Fsp3) is 0.188. The molecule has 5 heteroatoms. The van der Waals surface area contributed by atoms with Crippen molar-refractivity contribution < 1.29 is 9.13 Å². The van der Waals surface area contributed by atoms with Gasteiger partial charge in [0, 0.05) is 11.3 Å². The van der Waals surface area contributed by atoms with Crippen molar-refractivity contribution in [2.45, 2.75) is 6.04 Å². The van der Waals surface area contributed by atoms with Crippen LogP contribution in [0.3, 0.4) is 0 Å². The zero-order chi connectivity index (χ0) is 14.8. The van der Waals surface area contributed by atoms with Crippen LogP contribution in [0.1, 0.15) is 11.6 Å². The molecule has 0 fully saturated rings. The third-order valence-electron chi connectivity index (χ3n) is 3.60. The quantitative estimate of drug-likeness (QED) is 0.943. The molecule has 2 aromatic carbocycles. The third-order valence-corrected chi connectivity index (χ3v) is 3.60. The first-order valence-corrected chi connectivity index (χ1v) is 6.68. The third kappa shape index (κ3) is 2.42. The Labute approximate surface area is 122 Å². The van der Waals surface area contributed by atoms with Crippen LogP contribution in [-0.2, 0) is 0 Å². The Balaban J connectivity index is 1.97. The second-order valence-corrected chi connectivity index (χ2v) is 4.80. The van der Waals surface area contributed by atoms with Crippen LogP contribution < -0.4 is 15.4 Å². The minimum atomic E-state index is -0.245. The Hall–Kier alpha value is -2.56. The van der Waals surface area contributed by atoms with E-state index in [0.29, 0.717) is 18.1 Å². The maximum absolute atomic E-state index is 14.0. The van der Waals surface area contributed by atoms with Gasteiger partial charge in [-0.1, -0.05) is 18.2 Å². The Kier molecular flexibility index (Phi) is 3.48. The van der Waals surface area contributed by atoms with Crippen LogP contribution in [0, 0.1) is 5.82 Å². The lowest BCUT2D eigenvalue weighted by Crippen LogP contribution is -2.36. The van der Waals surface area contributed by atoms with Gasteiger partial charge in [0.15, 0.2) is 5.96 Å². The van der Waals surface area contributed by atoms with Gasteiger partial charge in [-0.3, -0.25) is 4.99 Å². The molecule has 108 valence electrons. The van der Waals surface area contributed by atoms with Gasteiger partial charge in [-0.15, -0.1) is 0 Å². The number of ether oxygens (including phenoxy) is 1. The molecule has 2 aromatic rings. The van der Waals surface area contributed by atoms with Gasteiger partial charge in [-0.05, 0) is 30.3 Å². The summed E-state index contributed by atoms with van der Waals surface area (Å²) in [6.07, 6.45) is 0. The SMILES string of the molecule is COc1ccc(N2C(N)=NCC2c2ccccc2F)cc1. The van der Waals surface area contributed by atoms with Crippen LogP contribution in [0.5, 0.6) is 5.75 Å². The zero-order valence-electron chi connectivity index (χ0n) is 11.7. The second kappa shape index (κ2) is 5.44. The van der Waals surface area contributed by atoms with Gasteiger partial charge >= 0.3 is 0 Å². The average Bonchev–Trinajstić information content (AvgIpc) is 2.89. The number of halogens is 1. The molecular weight excluding hydrogens is 269 g/mol. The van der Waals surface area contributed by atoms with Crippen molar-refractivity contribution in [2.75, 3.05) is 18.6 Å². The molecule has 1 atom stereocenters. The molecule has 4 nitrogen and oxygen atoms in total. The normalized spacial score (nSPS) is 17.7. The Morgan fingerprint density at radius 1 is 1.19 bits per heavy atom. The highest BCUT2D eigenvalue weighted by molar-refractivity contribution is 5.97. The van der Waals surface area contributed by atoms with Gasteiger partial charge < -0.3 is 15.4 Å². The highest BCUT2D eigenvalue weighted by atomic mass is 19.1. The summed E-state index contributed by atoms with van der Waals surface area (Å²) < 4.78 is 19.2. The highest BCUT2D eigenvalue weighted by Gasteiger charge is 2.30. The number of nitrogens with zero attached hydrogens (tertiary/aromatic N) is 2. The lowest BCUT2D eigenvalue weighted by molar-refractivity contribution is 0.415. The first kappa shape index (κ1) is 13.4. The monoisotopic (exact) mass is 285 g/mol.